The molecule has 0 saturated carbocycles. The monoisotopic (exact) mass is 268 g/mol. The molecule has 0 aliphatic carbocycles. The summed E-state index contributed by atoms with van der Waals surface area (Å²) in [6, 6.07) is 5.45. The van der Waals surface area contributed by atoms with Crippen LogP contribution in [0.2, 0.25) is 5.02 Å². The van der Waals surface area contributed by atoms with E-state index in [0.29, 0.717) is 24.5 Å². The van der Waals surface area contributed by atoms with Gasteiger partial charge in [0.05, 0.1) is 12.2 Å². The number of amides is 1. The fourth-order valence-electron chi connectivity index (χ4n) is 2.24. The second-order valence-electron chi connectivity index (χ2n) is 4.87. The molecule has 1 fully saturated rings. The Morgan fingerprint density at radius 3 is 2.89 bits per heavy atom. The SMILES string of the molecule is Cc1cc(Cl)ccc1N1CC(C)(CCN)OC1=O. The summed E-state index contributed by atoms with van der Waals surface area (Å²) in [5.74, 6) is 0. The second kappa shape index (κ2) is 4.78. The number of nitrogens with two attached hydrogens (primary N) is 1. The van der Waals surface area contributed by atoms with Gasteiger partial charge < -0.3 is 10.5 Å². The second-order valence-corrected chi connectivity index (χ2v) is 5.31. The molecule has 1 aliphatic heterocycles. The first-order valence-corrected chi connectivity index (χ1v) is 6.30. The number of benzene rings is 1. The van der Waals surface area contributed by atoms with E-state index in [1.165, 1.54) is 0 Å². The summed E-state index contributed by atoms with van der Waals surface area (Å²) in [4.78, 5) is 13.6. The van der Waals surface area contributed by atoms with Gasteiger partial charge in [-0.3, -0.25) is 4.90 Å². The third kappa shape index (κ3) is 2.44. The van der Waals surface area contributed by atoms with Crippen molar-refractivity contribution in [3.63, 3.8) is 0 Å². The van der Waals surface area contributed by atoms with E-state index in [-0.39, 0.29) is 6.09 Å². The van der Waals surface area contributed by atoms with Crippen LogP contribution in [0.5, 0.6) is 0 Å². The van der Waals surface area contributed by atoms with E-state index in [4.69, 9.17) is 22.1 Å². The number of rotatable bonds is 3. The highest BCUT2D eigenvalue weighted by Crippen LogP contribution is 2.32. The molecule has 1 heterocycles. The molecule has 0 radical (unpaired) electrons. The lowest BCUT2D eigenvalue weighted by molar-refractivity contribution is 0.0672. The summed E-state index contributed by atoms with van der Waals surface area (Å²) in [7, 11) is 0. The molecule has 18 heavy (non-hydrogen) atoms. The smallest absolute Gasteiger partial charge is 0.415 e. The van der Waals surface area contributed by atoms with E-state index in [9.17, 15) is 4.79 Å². The quantitative estimate of drug-likeness (QED) is 0.917. The minimum absolute atomic E-state index is 0.323. The Labute approximate surface area is 112 Å². The highest BCUT2D eigenvalue weighted by molar-refractivity contribution is 6.30. The summed E-state index contributed by atoms with van der Waals surface area (Å²) in [5.41, 5.74) is 6.84. The van der Waals surface area contributed by atoms with Crippen molar-refractivity contribution in [2.75, 3.05) is 18.0 Å². The van der Waals surface area contributed by atoms with Crippen molar-refractivity contribution in [3.05, 3.63) is 28.8 Å². The Kier molecular flexibility index (Phi) is 3.50. The minimum Gasteiger partial charge on any atom is -0.441 e. The summed E-state index contributed by atoms with van der Waals surface area (Å²) >= 11 is 5.91. The van der Waals surface area contributed by atoms with Crippen molar-refractivity contribution < 1.29 is 9.53 Å². The van der Waals surface area contributed by atoms with E-state index >= 15 is 0 Å². The van der Waals surface area contributed by atoms with Crippen molar-refractivity contribution in [1.29, 1.82) is 0 Å². The molecule has 1 aliphatic rings. The van der Waals surface area contributed by atoms with Gasteiger partial charge in [0.25, 0.3) is 0 Å². The third-order valence-corrected chi connectivity index (χ3v) is 3.40. The van der Waals surface area contributed by atoms with Gasteiger partial charge in [-0.25, -0.2) is 4.79 Å². The maximum atomic E-state index is 11.9. The molecular formula is C13H17ClN2O2. The van der Waals surface area contributed by atoms with Crippen LogP contribution in [0.1, 0.15) is 18.9 Å². The molecule has 1 amide bonds. The van der Waals surface area contributed by atoms with Crippen LogP contribution in [0.15, 0.2) is 18.2 Å². The molecule has 98 valence electrons. The van der Waals surface area contributed by atoms with Crippen molar-refractivity contribution in [1.82, 2.24) is 0 Å². The Morgan fingerprint density at radius 1 is 1.56 bits per heavy atom. The zero-order valence-corrected chi connectivity index (χ0v) is 11.3. The average Bonchev–Trinajstić information content (AvgIpc) is 2.54. The number of anilines is 1. The van der Waals surface area contributed by atoms with Crippen molar-refractivity contribution >= 4 is 23.4 Å². The van der Waals surface area contributed by atoms with Crippen LogP contribution in [0.4, 0.5) is 10.5 Å². The largest absolute Gasteiger partial charge is 0.441 e. The standard InChI is InChI=1S/C13H17ClN2O2/c1-9-7-10(14)3-4-11(9)16-8-13(2,5-6-15)18-12(16)17/h3-4,7H,5-6,8,15H2,1-2H3. The summed E-state index contributed by atoms with van der Waals surface area (Å²) in [6.07, 6.45) is 0.332. The number of aryl methyl sites for hydroxylation is 1. The highest BCUT2D eigenvalue weighted by atomic mass is 35.5. The molecule has 1 atom stereocenters. The normalized spacial score (nSPS) is 23.3. The Bertz CT molecular complexity index is 478. The zero-order chi connectivity index (χ0) is 13.3. The van der Waals surface area contributed by atoms with Crippen LogP contribution in [0.3, 0.4) is 0 Å². The lowest BCUT2D eigenvalue weighted by Crippen LogP contribution is -2.33. The summed E-state index contributed by atoms with van der Waals surface area (Å²) < 4.78 is 5.42. The number of halogens is 1. The first kappa shape index (κ1) is 13.2. The molecule has 1 aromatic carbocycles. The van der Waals surface area contributed by atoms with Crippen LogP contribution in [-0.2, 0) is 4.74 Å². The van der Waals surface area contributed by atoms with Gasteiger partial charge in [0.15, 0.2) is 0 Å². The topological polar surface area (TPSA) is 55.6 Å². The summed E-state index contributed by atoms with van der Waals surface area (Å²) in [6.45, 7) is 4.85. The maximum absolute atomic E-state index is 11.9. The van der Waals surface area contributed by atoms with E-state index in [1.807, 2.05) is 26.0 Å². The molecule has 1 saturated heterocycles. The number of hydrogen-bond acceptors (Lipinski definition) is 3. The lowest BCUT2D eigenvalue weighted by Gasteiger charge is -2.21. The molecule has 5 heteroatoms. The fourth-order valence-corrected chi connectivity index (χ4v) is 2.46. The Hall–Kier alpha value is -1.26. The van der Waals surface area contributed by atoms with E-state index in [1.54, 1.807) is 11.0 Å². The van der Waals surface area contributed by atoms with Gasteiger partial charge in [-0.05, 0) is 44.2 Å². The number of carbonyl (C=O) groups is 1. The van der Waals surface area contributed by atoms with Gasteiger partial charge in [0, 0.05) is 11.4 Å². The highest BCUT2D eigenvalue weighted by Gasteiger charge is 2.41. The molecule has 1 aromatic rings. The third-order valence-electron chi connectivity index (χ3n) is 3.17. The number of ether oxygens (including phenoxy) is 1. The van der Waals surface area contributed by atoms with E-state index in [0.717, 1.165) is 11.3 Å². The van der Waals surface area contributed by atoms with Crippen LogP contribution in [-0.4, -0.2) is 24.8 Å². The van der Waals surface area contributed by atoms with Gasteiger partial charge in [-0.2, -0.15) is 0 Å². The summed E-state index contributed by atoms with van der Waals surface area (Å²) in [5, 5.41) is 0.661. The lowest BCUT2D eigenvalue weighted by atomic mass is 10.0. The molecule has 2 N–H and O–H groups in total. The zero-order valence-electron chi connectivity index (χ0n) is 10.6. The molecular weight excluding hydrogens is 252 g/mol. The minimum atomic E-state index is -0.502. The van der Waals surface area contributed by atoms with Crippen molar-refractivity contribution in [3.8, 4) is 0 Å². The fraction of sp³-hybridized carbons (Fsp3) is 0.462. The first-order chi connectivity index (χ1) is 8.45. The van der Waals surface area contributed by atoms with Gasteiger partial charge in [-0.1, -0.05) is 11.6 Å². The Morgan fingerprint density at radius 2 is 2.28 bits per heavy atom. The predicted molar refractivity (Wildman–Crippen MR) is 72.1 cm³/mol. The van der Waals surface area contributed by atoms with Crippen LogP contribution >= 0.6 is 11.6 Å². The van der Waals surface area contributed by atoms with Crippen LogP contribution in [0.25, 0.3) is 0 Å². The number of hydrogen-bond donors (Lipinski definition) is 1. The van der Waals surface area contributed by atoms with E-state index in [2.05, 4.69) is 0 Å². The molecule has 0 bridgehead atoms. The maximum Gasteiger partial charge on any atom is 0.415 e. The number of nitrogens with zero attached hydrogens (tertiary/aromatic N) is 1. The van der Waals surface area contributed by atoms with Gasteiger partial charge >= 0.3 is 6.09 Å². The van der Waals surface area contributed by atoms with Crippen molar-refractivity contribution in [2.24, 2.45) is 5.73 Å². The van der Waals surface area contributed by atoms with Gasteiger partial charge in [0.1, 0.15) is 5.60 Å². The predicted octanol–water partition coefficient (Wildman–Crippen LogP) is 2.71. The van der Waals surface area contributed by atoms with E-state index < -0.39 is 5.60 Å². The van der Waals surface area contributed by atoms with Gasteiger partial charge in [0.2, 0.25) is 0 Å². The van der Waals surface area contributed by atoms with Crippen molar-refractivity contribution in [2.45, 2.75) is 25.9 Å². The molecule has 2 rings (SSSR count). The number of carbonyl (C=O) groups excluding carboxylic acids is 1. The van der Waals surface area contributed by atoms with Crippen LogP contribution < -0.4 is 10.6 Å². The number of cyclic esters (lactones) is 1. The first-order valence-electron chi connectivity index (χ1n) is 5.92. The Balaban J connectivity index is 2.27. The average molecular weight is 269 g/mol. The molecule has 1 unspecified atom stereocenters. The molecule has 0 aromatic heterocycles. The molecule has 4 nitrogen and oxygen atoms in total. The van der Waals surface area contributed by atoms with Crippen LogP contribution in [0, 0.1) is 6.92 Å². The molecule has 0 spiro atoms. The van der Waals surface area contributed by atoms with Gasteiger partial charge in [-0.15, -0.1) is 0 Å².